The Bertz CT molecular complexity index is 520. The molecule has 0 aliphatic carbocycles. The third-order valence-corrected chi connectivity index (χ3v) is 4.41. The lowest BCUT2D eigenvalue weighted by molar-refractivity contribution is -0.141. The van der Waals surface area contributed by atoms with E-state index in [1.165, 1.54) is 4.90 Å². The standard InChI is InChI=1S/C15H24N4O4/c1-8(2)12(18-14(22)9-5-6-11(20)17-9)15(23)19-7-3-4-10(19)13(16)21/h8-10,12H,3-7H2,1-2H3,(H2,16,21)(H,17,20)(H,18,22)/t9-,10-,12-/m0/s1. The van der Waals surface area contributed by atoms with Gasteiger partial charge in [-0.05, 0) is 25.2 Å². The van der Waals surface area contributed by atoms with Crippen LogP contribution in [0.5, 0.6) is 0 Å². The molecule has 8 heteroatoms. The van der Waals surface area contributed by atoms with Gasteiger partial charge in [-0.1, -0.05) is 13.8 Å². The molecule has 2 heterocycles. The van der Waals surface area contributed by atoms with E-state index in [2.05, 4.69) is 10.6 Å². The average molecular weight is 324 g/mol. The van der Waals surface area contributed by atoms with E-state index >= 15 is 0 Å². The van der Waals surface area contributed by atoms with Crippen molar-refractivity contribution in [1.29, 1.82) is 0 Å². The molecule has 2 saturated heterocycles. The van der Waals surface area contributed by atoms with Gasteiger partial charge in [0.15, 0.2) is 0 Å². The predicted octanol–water partition coefficient (Wildman–Crippen LogP) is -1.12. The second-order valence-electron chi connectivity index (χ2n) is 6.48. The van der Waals surface area contributed by atoms with E-state index in [0.717, 1.165) is 6.42 Å². The first-order chi connectivity index (χ1) is 10.8. The molecule has 2 fully saturated rings. The smallest absolute Gasteiger partial charge is 0.246 e. The molecule has 0 bridgehead atoms. The third-order valence-electron chi connectivity index (χ3n) is 4.41. The van der Waals surface area contributed by atoms with Crippen molar-refractivity contribution in [3.8, 4) is 0 Å². The van der Waals surface area contributed by atoms with Crippen LogP contribution in [-0.4, -0.2) is 53.2 Å². The summed E-state index contributed by atoms with van der Waals surface area (Å²) in [6.07, 6.45) is 2.01. The third kappa shape index (κ3) is 3.80. The quantitative estimate of drug-likeness (QED) is 0.593. The number of likely N-dealkylation sites (tertiary alicyclic amines) is 1. The Labute approximate surface area is 135 Å². The highest BCUT2D eigenvalue weighted by molar-refractivity contribution is 5.95. The first-order valence-electron chi connectivity index (χ1n) is 8.00. The van der Waals surface area contributed by atoms with Crippen LogP contribution >= 0.6 is 0 Å². The minimum absolute atomic E-state index is 0.141. The second kappa shape index (κ2) is 6.97. The lowest BCUT2D eigenvalue weighted by atomic mass is 10.0. The molecule has 0 aromatic carbocycles. The van der Waals surface area contributed by atoms with Gasteiger partial charge >= 0.3 is 0 Å². The minimum atomic E-state index is -0.736. The van der Waals surface area contributed by atoms with Gasteiger partial charge in [-0.3, -0.25) is 19.2 Å². The molecule has 0 spiro atoms. The van der Waals surface area contributed by atoms with Crippen molar-refractivity contribution >= 4 is 23.6 Å². The van der Waals surface area contributed by atoms with Crippen LogP contribution in [0.1, 0.15) is 39.5 Å². The fraction of sp³-hybridized carbons (Fsp3) is 0.733. The number of amides is 4. The van der Waals surface area contributed by atoms with Gasteiger partial charge in [0.25, 0.3) is 0 Å². The van der Waals surface area contributed by atoms with Gasteiger partial charge in [-0.25, -0.2) is 0 Å². The van der Waals surface area contributed by atoms with Crippen molar-refractivity contribution in [1.82, 2.24) is 15.5 Å². The largest absolute Gasteiger partial charge is 0.368 e. The molecule has 4 amide bonds. The highest BCUT2D eigenvalue weighted by Crippen LogP contribution is 2.20. The zero-order valence-electron chi connectivity index (χ0n) is 13.5. The van der Waals surface area contributed by atoms with Gasteiger partial charge in [0.2, 0.25) is 23.6 Å². The Morgan fingerprint density at radius 1 is 1.30 bits per heavy atom. The maximum absolute atomic E-state index is 12.7. The van der Waals surface area contributed by atoms with Gasteiger partial charge in [0, 0.05) is 13.0 Å². The van der Waals surface area contributed by atoms with Gasteiger partial charge in [0.05, 0.1) is 0 Å². The fourth-order valence-electron chi connectivity index (χ4n) is 3.08. The molecule has 2 aliphatic heterocycles. The molecule has 0 aromatic rings. The molecule has 3 atom stereocenters. The van der Waals surface area contributed by atoms with Crippen molar-refractivity contribution in [2.24, 2.45) is 11.7 Å². The van der Waals surface area contributed by atoms with E-state index in [-0.39, 0.29) is 23.6 Å². The SMILES string of the molecule is CC(C)[C@H](NC(=O)[C@@H]1CCC(=O)N1)C(=O)N1CCC[C@H]1C(N)=O. The van der Waals surface area contributed by atoms with E-state index in [0.29, 0.717) is 25.8 Å². The molecule has 0 radical (unpaired) electrons. The van der Waals surface area contributed by atoms with E-state index < -0.39 is 24.0 Å². The number of primary amides is 1. The predicted molar refractivity (Wildman–Crippen MR) is 81.9 cm³/mol. The topological polar surface area (TPSA) is 122 Å². The van der Waals surface area contributed by atoms with Crippen LogP contribution in [0.2, 0.25) is 0 Å². The summed E-state index contributed by atoms with van der Waals surface area (Å²) in [5.41, 5.74) is 5.35. The second-order valence-corrected chi connectivity index (χ2v) is 6.48. The normalized spacial score (nSPS) is 25.3. The van der Waals surface area contributed by atoms with Crippen LogP contribution in [0.3, 0.4) is 0 Å². The molecule has 8 nitrogen and oxygen atoms in total. The Morgan fingerprint density at radius 3 is 2.52 bits per heavy atom. The summed E-state index contributed by atoms with van der Waals surface area (Å²) >= 11 is 0. The van der Waals surface area contributed by atoms with E-state index in [9.17, 15) is 19.2 Å². The van der Waals surface area contributed by atoms with Gasteiger partial charge in [0.1, 0.15) is 18.1 Å². The summed E-state index contributed by atoms with van der Waals surface area (Å²) in [6, 6.07) is -1.94. The lowest BCUT2D eigenvalue weighted by Crippen LogP contribution is -2.57. The van der Waals surface area contributed by atoms with E-state index in [1.807, 2.05) is 13.8 Å². The molecule has 23 heavy (non-hydrogen) atoms. The molecular weight excluding hydrogens is 300 g/mol. The van der Waals surface area contributed by atoms with Crippen LogP contribution in [0, 0.1) is 5.92 Å². The van der Waals surface area contributed by atoms with Crippen LogP contribution in [-0.2, 0) is 19.2 Å². The number of nitrogens with two attached hydrogens (primary N) is 1. The first kappa shape index (κ1) is 17.2. The maximum atomic E-state index is 12.7. The summed E-state index contributed by atoms with van der Waals surface area (Å²) in [5.74, 6) is -1.48. The molecule has 2 rings (SSSR count). The fourth-order valence-corrected chi connectivity index (χ4v) is 3.08. The number of hydrogen-bond donors (Lipinski definition) is 3. The van der Waals surface area contributed by atoms with Crippen molar-refractivity contribution < 1.29 is 19.2 Å². The molecule has 0 aromatic heterocycles. The number of nitrogens with one attached hydrogen (secondary N) is 2. The number of rotatable bonds is 5. The first-order valence-corrected chi connectivity index (χ1v) is 8.00. The van der Waals surface area contributed by atoms with Crippen molar-refractivity contribution in [3.05, 3.63) is 0 Å². The number of nitrogens with zero attached hydrogens (tertiary/aromatic N) is 1. The summed E-state index contributed by atoms with van der Waals surface area (Å²) in [5, 5.41) is 5.30. The number of carbonyl (C=O) groups is 4. The highest BCUT2D eigenvalue weighted by Gasteiger charge is 2.39. The molecule has 0 unspecified atom stereocenters. The Balaban J connectivity index is 2.05. The molecular formula is C15H24N4O4. The molecule has 4 N–H and O–H groups in total. The van der Waals surface area contributed by atoms with E-state index in [1.54, 1.807) is 0 Å². The summed E-state index contributed by atoms with van der Waals surface area (Å²) in [6.45, 7) is 4.11. The summed E-state index contributed by atoms with van der Waals surface area (Å²) < 4.78 is 0. The average Bonchev–Trinajstić information content (AvgIpc) is 3.11. The Hall–Kier alpha value is -2.12. The monoisotopic (exact) mass is 324 g/mol. The summed E-state index contributed by atoms with van der Waals surface area (Å²) in [4.78, 5) is 49.1. The van der Waals surface area contributed by atoms with Crippen LogP contribution in [0.25, 0.3) is 0 Å². The van der Waals surface area contributed by atoms with Gasteiger partial charge < -0.3 is 21.3 Å². The van der Waals surface area contributed by atoms with Crippen molar-refractivity contribution in [2.45, 2.75) is 57.7 Å². The highest BCUT2D eigenvalue weighted by atomic mass is 16.2. The van der Waals surface area contributed by atoms with Gasteiger partial charge in [-0.15, -0.1) is 0 Å². The zero-order chi connectivity index (χ0) is 17.1. The number of carbonyl (C=O) groups excluding carboxylic acids is 4. The molecule has 128 valence electrons. The maximum Gasteiger partial charge on any atom is 0.246 e. The van der Waals surface area contributed by atoms with Crippen molar-refractivity contribution in [2.75, 3.05) is 6.54 Å². The van der Waals surface area contributed by atoms with Crippen molar-refractivity contribution in [3.63, 3.8) is 0 Å². The number of hydrogen-bond acceptors (Lipinski definition) is 4. The molecule has 2 aliphatic rings. The Morgan fingerprint density at radius 2 is 2.00 bits per heavy atom. The van der Waals surface area contributed by atoms with Gasteiger partial charge in [-0.2, -0.15) is 0 Å². The minimum Gasteiger partial charge on any atom is -0.368 e. The summed E-state index contributed by atoms with van der Waals surface area (Å²) in [7, 11) is 0. The Kier molecular flexibility index (Phi) is 5.23. The molecule has 0 saturated carbocycles. The van der Waals surface area contributed by atoms with Crippen LogP contribution < -0.4 is 16.4 Å². The lowest BCUT2D eigenvalue weighted by Gasteiger charge is -2.30. The zero-order valence-corrected chi connectivity index (χ0v) is 13.5. The van der Waals surface area contributed by atoms with Crippen LogP contribution in [0.15, 0.2) is 0 Å². The van der Waals surface area contributed by atoms with E-state index in [4.69, 9.17) is 5.73 Å². The van der Waals surface area contributed by atoms with Crippen LogP contribution in [0.4, 0.5) is 0 Å².